The molecule has 0 fully saturated rings. The second-order valence-electron chi connectivity index (χ2n) is 6.25. The highest BCUT2D eigenvalue weighted by atomic mass is 79.9. The molecule has 0 saturated carbocycles. The third-order valence-corrected chi connectivity index (χ3v) is 4.76. The first-order chi connectivity index (χ1) is 13.1. The van der Waals surface area contributed by atoms with Gasteiger partial charge >= 0.3 is 12.1 Å². The zero-order chi connectivity index (χ0) is 20.6. The quantitative estimate of drug-likeness (QED) is 0.495. The Morgan fingerprint density at radius 1 is 1.25 bits per heavy atom. The van der Waals surface area contributed by atoms with Crippen LogP contribution >= 0.6 is 15.9 Å². The van der Waals surface area contributed by atoms with Crippen molar-refractivity contribution in [2.45, 2.75) is 25.6 Å². The molecule has 146 valence electrons. The molecule has 1 heterocycles. The van der Waals surface area contributed by atoms with Crippen LogP contribution in [0.5, 0.6) is 0 Å². The molecule has 2 aromatic rings. The van der Waals surface area contributed by atoms with E-state index in [1.54, 1.807) is 18.2 Å². The van der Waals surface area contributed by atoms with Crippen LogP contribution in [0.2, 0.25) is 0 Å². The highest BCUT2D eigenvalue weighted by Gasteiger charge is 2.45. The molecule has 6 nitrogen and oxygen atoms in total. The fourth-order valence-electron chi connectivity index (χ4n) is 2.94. The number of rotatable bonds is 2. The third kappa shape index (κ3) is 3.91. The standard InChI is InChI=1S/C18H13BrF3N3O3/c1-10-8-12-2-5-13(19)9-15(12)16(23-24(10)17(26)18(20,21)22)11-3-6-14(7-4-11)25(27)28/h2-7,9-10H,8H2,1H3. The highest BCUT2D eigenvalue weighted by Crippen LogP contribution is 2.29. The van der Waals surface area contributed by atoms with Crippen LogP contribution in [0.3, 0.4) is 0 Å². The van der Waals surface area contributed by atoms with Gasteiger partial charge in [-0.05, 0) is 43.2 Å². The molecule has 1 aliphatic rings. The highest BCUT2D eigenvalue weighted by molar-refractivity contribution is 9.10. The summed E-state index contributed by atoms with van der Waals surface area (Å²) in [6, 6.07) is 9.63. The number of hydrogen-bond acceptors (Lipinski definition) is 4. The molecule has 2 aromatic carbocycles. The maximum Gasteiger partial charge on any atom is 0.473 e. The Morgan fingerprint density at radius 2 is 1.89 bits per heavy atom. The number of carbonyl (C=O) groups is 1. The summed E-state index contributed by atoms with van der Waals surface area (Å²) in [5.41, 5.74) is 1.59. The number of amides is 1. The average molecular weight is 456 g/mol. The number of nitrogens with zero attached hydrogens (tertiary/aromatic N) is 3. The van der Waals surface area contributed by atoms with E-state index in [2.05, 4.69) is 21.0 Å². The number of fused-ring (bicyclic) bond motifs is 1. The Hall–Kier alpha value is -2.75. The summed E-state index contributed by atoms with van der Waals surface area (Å²) in [4.78, 5) is 22.2. The van der Waals surface area contributed by atoms with E-state index in [0.29, 0.717) is 26.2 Å². The molecule has 1 amide bonds. The molecular formula is C18H13BrF3N3O3. The minimum Gasteiger partial charge on any atom is -0.262 e. The van der Waals surface area contributed by atoms with E-state index >= 15 is 0 Å². The maximum atomic E-state index is 13.1. The van der Waals surface area contributed by atoms with E-state index in [1.807, 2.05) is 0 Å². The van der Waals surface area contributed by atoms with Gasteiger partial charge in [0, 0.05) is 27.7 Å². The van der Waals surface area contributed by atoms with Crippen molar-refractivity contribution in [2.24, 2.45) is 5.10 Å². The van der Waals surface area contributed by atoms with E-state index in [1.165, 1.54) is 31.2 Å². The number of benzene rings is 2. The van der Waals surface area contributed by atoms with Crippen LogP contribution in [-0.4, -0.2) is 33.8 Å². The van der Waals surface area contributed by atoms with Gasteiger partial charge < -0.3 is 0 Å². The van der Waals surface area contributed by atoms with Crippen molar-refractivity contribution in [1.82, 2.24) is 5.01 Å². The fraction of sp³-hybridized carbons (Fsp3) is 0.222. The fourth-order valence-corrected chi connectivity index (χ4v) is 3.30. The van der Waals surface area contributed by atoms with Crippen LogP contribution in [0.1, 0.15) is 23.6 Å². The van der Waals surface area contributed by atoms with Crippen LogP contribution in [0, 0.1) is 10.1 Å². The molecule has 1 atom stereocenters. The zero-order valence-electron chi connectivity index (χ0n) is 14.4. The summed E-state index contributed by atoms with van der Waals surface area (Å²) in [5.74, 6) is -2.06. The smallest absolute Gasteiger partial charge is 0.262 e. The molecule has 0 saturated heterocycles. The van der Waals surface area contributed by atoms with Gasteiger partial charge in [0.05, 0.1) is 16.7 Å². The van der Waals surface area contributed by atoms with Crippen LogP contribution in [0.25, 0.3) is 0 Å². The molecule has 0 aromatic heterocycles. The predicted molar refractivity (Wildman–Crippen MR) is 98.9 cm³/mol. The Balaban J connectivity index is 2.19. The first-order valence-electron chi connectivity index (χ1n) is 8.10. The molecule has 28 heavy (non-hydrogen) atoms. The minimum atomic E-state index is -5.07. The molecule has 0 radical (unpaired) electrons. The van der Waals surface area contributed by atoms with E-state index in [4.69, 9.17) is 0 Å². The summed E-state index contributed by atoms with van der Waals surface area (Å²) in [5, 5.41) is 15.3. The number of hydrazone groups is 1. The monoisotopic (exact) mass is 455 g/mol. The Kier molecular flexibility index (Phi) is 5.24. The number of nitro benzene ring substituents is 1. The zero-order valence-corrected chi connectivity index (χ0v) is 16.0. The molecule has 0 N–H and O–H groups in total. The lowest BCUT2D eigenvalue weighted by atomic mass is 9.95. The first kappa shape index (κ1) is 20.0. The topological polar surface area (TPSA) is 75.8 Å². The van der Waals surface area contributed by atoms with Crippen molar-refractivity contribution in [1.29, 1.82) is 0 Å². The van der Waals surface area contributed by atoms with Gasteiger partial charge in [0.15, 0.2) is 0 Å². The average Bonchev–Trinajstić information content (AvgIpc) is 2.76. The lowest BCUT2D eigenvalue weighted by molar-refractivity contribution is -0.384. The number of non-ortho nitro benzene ring substituents is 1. The summed E-state index contributed by atoms with van der Waals surface area (Å²) >= 11 is 3.33. The van der Waals surface area contributed by atoms with Gasteiger partial charge in [-0.1, -0.05) is 22.0 Å². The first-order valence-corrected chi connectivity index (χ1v) is 8.90. The van der Waals surface area contributed by atoms with Crippen molar-refractivity contribution >= 4 is 33.2 Å². The van der Waals surface area contributed by atoms with E-state index in [9.17, 15) is 28.1 Å². The third-order valence-electron chi connectivity index (χ3n) is 4.27. The normalized spacial score (nSPS) is 16.8. The van der Waals surface area contributed by atoms with Gasteiger partial charge in [-0.25, -0.2) is 5.01 Å². The molecule has 3 rings (SSSR count). The van der Waals surface area contributed by atoms with Gasteiger partial charge in [-0.15, -0.1) is 0 Å². The van der Waals surface area contributed by atoms with Crippen molar-refractivity contribution in [3.8, 4) is 0 Å². The van der Waals surface area contributed by atoms with Crippen LogP contribution in [0.4, 0.5) is 18.9 Å². The second-order valence-corrected chi connectivity index (χ2v) is 7.17. The number of hydrogen-bond donors (Lipinski definition) is 0. The number of alkyl halides is 3. The van der Waals surface area contributed by atoms with Crippen molar-refractivity contribution in [3.63, 3.8) is 0 Å². The van der Waals surface area contributed by atoms with Gasteiger partial charge in [0.25, 0.3) is 5.69 Å². The number of halogens is 4. The molecule has 0 spiro atoms. The minimum absolute atomic E-state index is 0.133. The molecule has 10 heteroatoms. The van der Waals surface area contributed by atoms with Crippen LogP contribution < -0.4 is 0 Å². The van der Waals surface area contributed by atoms with Crippen LogP contribution in [0.15, 0.2) is 52.0 Å². The van der Waals surface area contributed by atoms with Gasteiger partial charge in [-0.2, -0.15) is 18.3 Å². The van der Waals surface area contributed by atoms with Crippen LogP contribution in [-0.2, 0) is 11.2 Å². The van der Waals surface area contributed by atoms with Gasteiger partial charge in [0.1, 0.15) is 0 Å². The summed E-state index contributed by atoms with van der Waals surface area (Å²) in [6.45, 7) is 1.48. The molecule has 1 unspecified atom stereocenters. The summed E-state index contributed by atoms with van der Waals surface area (Å²) in [7, 11) is 0. The molecule has 1 aliphatic heterocycles. The SMILES string of the molecule is CC1Cc2ccc(Br)cc2C(c2ccc([N+](=O)[O-])cc2)=NN1C(=O)C(F)(F)F. The van der Waals surface area contributed by atoms with E-state index in [0.717, 1.165) is 0 Å². The van der Waals surface area contributed by atoms with Crippen molar-refractivity contribution in [2.75, 3.05) is 0 Å². The van der Waals surface area contributed by atoms with E-state index < -0.39 is 23.0 Å². The largest absolute Gasteiger partial charge is 0.473 e. The Bertz CT molecular complexity index is 974. The van der Waals surface area contributed by atoms with Crippen molar-refractivity contribution < 1.29 is 22.9 Å². The lowest BCUT2D eigenvalue weighted by Gasteiger charge is -2.24. The molecule has 0 bridgehead atoms. The maximum absolute atomic E-state index is 13.1. The summed E-state index contributed by atoms with van der Waals surface area (Å²) < 4.78 is 39.9. The Morgan fingerprint density at radius 3 is 2.46 bits per heavy atom. The van der Waals surface area contributed by atoms with E-state index in [-0.39, 0.29) is 17.8 Å². The number of nitro groups is 1. The molecular weight excluding hydrogens is 443 g/mol. The summed E-state index contributed by atoms with van der Waals surface area (Å²) in [6.07, 6.45) is -4.90. The van der Waals surface area contributed by atoms with Crippen molar-refractivity contribution in [3.05, 3.63) is 73.7 Å². The predicted octanol–water partition coefficient (Wildman–Crippen LogP) is 4.45. The van der Waals surface area contributed by atoms with Gasteiger partial charge in [0.2, 0.25) is 0 Å². The lowest BCUT2D eigenvalue weighted by Crippen LogP contribution is -2.43. The second kappa shape index (κ2) is 7.34. The Labute approximate surface area is 165 Å². The molecule has 0 aliphatic carbocycles. The van der Waals surface area contributed by atoms with Gasteiger partial charge in [-0.3, -0.25) is 14.9 Å². The number of carbonyl (C=O) groups excluding carboxylic acids is 1.